The lowest BCUT2D eigenvalue weighted by Gasteiger charge is -2.11. The van der Waals surface area contributed by atoms with Crippen LogP contribution in [0.3, 0.4) is 0 Å². The van der Waals surface area contributed by atoms with E-state index in [9.17, 15) is 9.59 Å². The number of amides is 2. The van der Waals surface area contributed by atoms with Crippen LogP contribution in [0.4, 0.5) is 11.4 Å². The Hall–Kier alpha value is -3.97. The number of para-hydroxylation sites is 3. The predicted octanol–water partition coefficient (Wildman–Crippen LogP) is 5.46. The lowest BCUT2D eigenvalue weighted by atomic mass is 10.2. The molecule has 4 rings (SSSR count). The smallest absolute Gasteiger partial charge is 0.259 e. The van der Waals surface area contributed by atoms with E-state index in [0.717, 1.165) is 11.3 Å². The number of carbonyl (C=O) groups excluding carboxylic acids is 2. The molecule has 1 heterocycles. The number of hydrogen-bond acceptors (Lipinski definition) is 5. The number of aryl methyl sites for hydroxylation is 1. The molecule has 4 aromatic rings. The Morgan fingerprint density at radius 1 is 0.909 bits per heavy atom. The Morgan fingerprint density at radius 3 is 2.45 bits per heavy atom. The van der Waals surface area contributed by atoms with Crippen molar-refractivity contribution in [2.24, 2.45) is 0 Å². The standard InChI is InChI=1S/C26H23N3O3S/c1-18-9-5-7-13-22(18)29-24(30)15-25-27-20(17-33-25)16-32-23-14-8-6-12-21(23)26(31)28-19-10-3-2-4-11-19/h2-14,17H,15-16H2,1H3,(H,28,31)(H,29,30). The van der Waals surface area contributed by atoms with Crippen LogP contribution in [0.25, 0.3) is 0 Å². The van der Waals surface area contributed by atoms with Crippen LogP contribution in [0.2, 0.25) is 0 Å². The Bertz CT molecular complexity index is 1250. The minimum Gasteiger partial charge on any atom is -0.486 e. The van der Waals surface area contributed by atoms with Gasteiger partial charge in [-0.05, 0) is 42.8 Å². The molecule has 0 radical (unpaired) electrons. The van der Waals surface area contributed by atoms with Gasteiger partial charge in [0.1, 0.15) is 17.4 Å². The van der Waals surface area contributed by atoms with Gasteiger partial charge in [0, 0.05) is 16.8 Å². The largest absolute Gasteiger partial charge is 0.486 e. The number of nitrogens with zero attached hydrogens (tertiary/aromatic N) is 1. The molecule has 0 fully saturated rings. The maximum Gasteiger partial charge on any atom is 0.259 e. The van der Waals surface area contributed by atoms with E-state index in [0.29, 0.717) is 27.7 Å². The van der Waals surface area contributed by atoms with Crippen molar-refractivity contribution < 1.29 is 14.3 Å². The van der Waals surface area contributed by atoms with Gasteiger partial charge in [-0.25, -0.2) is 4.98 Å². The van der Waals surface area contributed by atoms with Crippen LogP contribution in [0.1, 0.15) is 26.6 Å². The Kier molecular flexibility index (Phi) is 7.12. The normalized spacial score (nSPS) is 10.5. The Labute approximate surface area is 196 Å². The molecule has 1 aromatic heterocycles. The number of anilines is 2. The molecular weight excluding hydrogens is 434 g/mol. The van der Waals surface area contributed by atoms with Gasteiger partial charge < -0.3 is 15.4 Å². The van der Waals surface area contributed by atoms with Gasteiger partial charge in [0.2, 0.25) is 5.91 Å². The molecule has 166 valence electrons. The molecule has 0 saturated heterocycles. The highest BCUT2D eigenvalue weighted by atomic mass is 32.1. The lowest BCUT2D eigenvalue weighted by Crippen LogP contribution is -2.15. The van der Waals surface area contributed by atoms with Gasteiger partial charge in [-0.2, -0.15) is 0 Å². The second-order valence-corrected chi connectivity index (χ2v) is 8.32. The molecule has 0 atom stereocenters. The minimum absolute atomic E-state index is 0.117. The maximum atomic E-state index is 12.7. The summed E-state index contributed by atoms with van der Waals surface area (Å²) < 4.78 is 5.89. The number of thiazole rings is 1. The summed E-state index contributed by atoms with van der Waals surface area (Å²) in [4.78, 5) is 29.6. The van der Waals surface area contributed by atoms with Gasteiger partial charge in [-0.15, -0.1) is 11.3 Å². The molecule has 0 bridgehead atoms. The quantitative estimate of drug-likeness (QED) is 0.368. The molecule has 0 spiro atoms. The molecule has 3 aromatic carbocycles. The van der Waals surface area contributed by atoms with E-state index < -0.39 is 0 Å². The van der Waals surface area contributed by atoms with E-state index in [2.05, 4.69) is 15.6 Å². The van der Waals surface area contributed by atoms with Crippen molar-refractivity contribution in [1.82, 2.24) is 4.98 Å². The van der Waals surface area contributed by atoms with Gasteiger partial charge in [-0.3, -0.25) is 9.59 Å². The molecular formula is C26H23N3O3S. The minimum atomic E-state index is -0.247. The van der Waals surface area contributed by atoms with Crippen molar-refractivity contribution in [3.63, 3.8) is 0 Å². The number of ether oxygens (including phenoxy) is 1. The first kappa shape index (κ1) is 22.2. The zero-order chi connectivity index (χ0) is 23.0. The van der Waals surface area contributed by atoms with Crippen LogP contribution in [-0.2, 0) is 17.8 Å². The van der Waals surface area contributed by atoms with Crippen molar-refractivity contribution in [2.45, 2.75) is 20.0 Å². The van der Waals surface area contributed by atoms with Crippen LogP contribution >= 0.6 is 11.3 Å². The molecule has 7 heteroatoms. The van der Waals surface area contributed by atoms with Crippen LogP contribution < -0.4 is 15.4 Å². The fourth-order valence-electron chi connectivity index (χ4n) is 3.19. The molecule has 6 nitrogen and oxygen atoms in total. The molecule has 0 aliphatic carbocycles. The monoisotopic (exact) mass is 457 g/mol. The zero-order valence-electron chi connectivity index (χ0n) is 18.1. The van der Waals surface area contributed by atoms with E-state index in [-0.39, 0.29) is 24.8 Å². The number of carbonyl (C=O) groups is 2. The van der Waals surface area contributed by atoms with Crippen LogP contribution in [0.15, 0.2) is 84.2 Å². The fraction of sp³-hybridized carbons (Fsp3) is 0.115. The summed E-state index contributed by atoms with van der Waals surface area (Å²) in [6.45, 7) is 2.15. The molecule has 0 saturated carbocycles. The first-order valence-corrected chi connectivity index (χ1v) is 11.3. The van der Waals surface area contributed by atoms with Gasteiger partial charge in [0.05, 0.1) is 17.7 Å². The summed E-state index contributed by atoms with van der Waals surface area (Å²) in [5.41, 5.74) is 3.67. The van der Waals surface area contributed by atoms with E-state index in [1.807, 2.05) is 73.0 Å². The number of hydrogen-bond donors (Lipinski definition) is 2. The van der Waals surface area contributed by atoms with E-state index in [4.69, 9.17) is 4.74 Å². The third-order valence-corrected chi connectivity index (χ3v) is 5.77. The van der Waals surface area contributed by atoms with Crippen LogP contribution in [-0.4, -0.2) is 16.8 Å². The van der Waals surface area contributed by atoms with Gasteiger partial charge >= 0.3 is 0 Å². The molecule has 33 heavy (non-hydrogen) atoms. The topological polar surface area (TPSA) is 80.3 Å². The van der Waals surface area contributed by atoms with Crippen LogP contribution in [0.5, 0.6) is 5.75 Å². The summed E-state index contributed by atoms with van der Waals surface area (Å²) in [5, 5.41) is 8.35. The number of aromatic nitrogens is 1. The maximum absolute atomic E-state index is 12.7. The van der Waals surface area contributed by atoms with Gasteiger partial charge in [0.25, 0.3) is 5.91 Å². The fourth-order valence-corrected chi connectivity index (χ4v) is 3.97. The Balaban J connectivity index is 1.35. The summed E-state index contributed by atoms with van der Waals surface area (Å²) in [5.74, 6) is 0.107. The average Bonchev–Trinajstić information content (AvgIpc) is 3.27. The van der Waals surface area contributed by atoms with Crippen molar-refractivity contribution in [1.29, 1.82) is 0 Å². The first-order valence-electron chi connectivity index (χ1n) is 10.5. The SMILES string of the molecule is Cc1ccccc1NC(=O)Cc1nc(COc2ccccc2C(=O)Nc2ccccc2)cs1. The zero-order valence-corrected chi connectivity index (χ0v) is 18.9. The Morgan fingerprint density at radius 2 is 1.64 bits per heavy atom. The lowest BCUT2D eigenvalue weighted by molar-refractivity contribution is -0.115. The van der Waals surface area contributed by atoms with Crippen LogP contribution in [0, 0.1) is 6.92 Å². The summed E-state index contributed by atoms with van der Waals surface area (Å²) in [6.07, 6.45) is 0.190. The van der Waals surface area contributed by atoms with Gasteiger partial charge in [-0.1, -0.05) is 48.5 Å². The first-order chi connectivity index (χ1) is 16.1. The van der Waals surface area contributed by atoms with E-state index in [1.165, 1.54) is 11.3 Å². The van der Waals surface area contributed by atoms with Crippen molar-refractivity contribution in [2.75, 3.05) is 10.6 Å². The molecule has 0 unspecified atom stereocenters. The van der Waals surface area contributed by atoms with Crippen molar-refractivity contribution in [3.05, 3.63) is 106 Å². The highest BCUT2D eigenvalue weighted by molar-refractivity contribution is 7.09. The highest BCUT2D eigenvalue weighted by Gasteiger charge is 2.14. The molecule has 2 amide bonds. The second kappa shape index (κ2) is 10.6. The van der Waals surface area contributed by atoms with E-state index in [1.54, 1.807) is 18.2 Å². The molecule has 0 aliphatic heterocycles. The summed E-state index contributed by atoms with van der Waals surface area (Å²) in [6, 6.07) is 24.0. The summed E-state index contributed by atoms with van der Waals surface area (Å²) >= 11 is 1.41. The van der Waals surface area contributed by atoms with E-state index >= 15 is 0 Å². The molecule has 0 aliphatic rings. The van der Waals surface area contributed by atoms with Crippen molar-refractivity contribution in [3.8, 4) is 5.75 Å². The third-order valence-electron chi connectivity index (χ3n) is 4.87. The van der Waals surface area contributed by atoms with Gasteiger partial charge in [0.15, 0.2) is 0 Å². The third kappa shape index (κ3) is 6.05. The highest BCUT2D eigenvalue weighted by Crippen LogP contribution is 2.22. The number of nitrogens with one attached hydrogen (secondary N) is 2. The number of rotatable bonds is 8. The summed E-state index contributed by atoms with van der Waals surface area (Å²) in [7, 11) is 0. The number of benzene rings is 3. The molecule has 2 N–H and O–H groups in total. The average molecular weight is 458 g/mol. The second-order valence-electron chi connectivity index (χ2n) is 7.38. The van der Waals surface area contributed by atoms with Crippen molar-refractivity contribution >= 4 is 34.5 Å². The predicted molar refractivity (Wildman–Crippen MR) is 131 cm³/mol.